The normalized spacial score (nSPS) is 18.3. The van der Waals surface area contributed by atoms with Gasteiger partial charge >= 0.3 is 5.69 Å². The van der Waals surface area contributed by atoms with Crippen molar-refractivity contribution in [3.8, 4) is 22.7 Å². The summed E-state index contributed by atoms with van der Waals surface area (Å²) in [4.78, 5) is 44.1. The van der Waals surface area contributed by atoms with Gasteiger partial charge in [0.05, 0.1) is 28.9 Å². The molecule has 9 nitrogen and oxygen atoms in total. The maximum absolute atomic E-state index is 16.3. The molecule has 12 heteroatoms. The lowest BCUT2D eigenvalue weighted by atomic mass is 10.00. The molecule has 6 rings (SSSR count). The third kappa shape index (κ3) is 5.29. The van der Waals surface area contributed by atoms with Crippen molar-refractivity contribution in [3.63, 3.8) is 0 Å². The number of hydrogen-bond donors (Lipinski definition) is 0. The molecule has 2 aliphatic rings. The van der Waals surface area contributed by atoms with Crippen LogP contribution in [0.25, 0.3) is 28.0 Å². The Morgan fingerprint density at radius 1 is 1.07 bits per heavy atom. The third-order valence-corrected chi connectivity index (χ3v) is 8.72. The first-order valence-corrected chi connectivity index (χ1v) is 15.4. The minimum Gasteiger partial charge on any atom is -0.493 e. The molecule has 1 aromatic carbocycles. The molecule has 46 heavy (non-hydrogen) atoms. The molecule has 0 saturated carbocycles. The van der Waals surface area contributed by atoms with Crippen molar-refractivity contribution in [2.75, 3.05) is 24.6 Å². The summed E-state index contributed by atoms with van der Waals surface area (Å²) in [6.07, 6.45) is 4.72. The number of aromatic nitrogens is 4. The Bertz CT molecular complexity index is 1930. The van der Waals surface area contributed by atoms with Crippen molar-refractivity contribution in [3.05, 3.63) is 82.3 Å². The molecule has 0 aliphatic carbocycles. The van der Waals surface area contributed by atoms with Crippen molar-refractivity contribution in [2.45, 2.75) is 65.0 Å². The molecule has 2 aliphatic heterocycles. The number of hydrogen-bond acceptors (Lipinski definition) is 7. The van der Waals surface area contributed by atoms with Gasteiger partial charge in [-0.25, -0.2) is 27.5 Å². The fourth-order valence-corrected chi connectivity index (χ4v) is 6.42. The molecular formula is C34H35F3N6O3. The molecule has 1 fully saturated rings. The first kappa shape index (κ1) is 31.3. The highest BCUT2D eigenvalue weighted by Gasteiger charge is 2.34. The number of carbonyl (C=O) groups is 1. The summed E-state index contributed by atoms with van der Waals surface area (Å²) in [5.41, 5.74) is 0.287. The smallest absolute Gasteiger partial charge is 0.355 e. The van der Waals surface area contributed by atoms with Crippen molar-refractivity contribution < 1.29 is 22.7 Å². The molecule has 3 aromatic heterocycles. The number of carbonyl (C=O) groups excluding carboxylic acids is 1. The Morgan fingerprint density at radius 2 is 1.85 bits per heavy atom. The van der Waals surface area contributed by atoms with Gasteiger partial charge in [-0.3, -0.25) is 9.78 Å². The van der Waals surface area contributed by atoms with E-state index in [1.807, 2.05) is 38.7 Å². The SMILES string of the molecule is C=CC(=O)N1C[C@H](C)N(c2nc(=O)n3c4nc(c(F)cc24)-c2c(ccc(F)c2F)OCCCCc2ccnc(C(C)C)c2-3)C[C@H]1C. The molecule has 0 N–H and O–H groups in total. The van der Waals surface area contributed by atoms with E-state index in [0.717, 1.165) is 17.7 Å². The van der Waals surface area contributed by atoms with Gasteiger partial charge in [0.1, 0.15) is 17.3 Å². The molecule has 5 heterocycles. The molecule has 2 bridgehead atoms. The highest BCUT2D eigenvalue weighted by Crippen LogP contribution is 2.39. The first-order valence-electron chi connectivity index (χ1n) is 15.4. The number of anilines is 1. The molecule has 0 radical (unpaired) electrons. The van der Waals surface area contributed by atoms with E-state index in [9.17, 15) is 14.0 Å². The maximum atomic E-state index is 16.3. The van der Waals surface area contributed by atoms with Crippen LogP contribution in [0, 0.1) is 17.5 Å². The van der Waals surface area contributed by atoms with Gasteiger partial charge < -0.3 is 14.5 Å². The van der Waals surface area contributed by atoms with Crippen LogP contribution in [0.4, 0.5) is 19.0 Å². The van der Waals surface area contributed by atoms with Gasteiger partial charge in [-0.05, 0) is 74.9 Å². The molecule has 0 unspecified atom stereocenters. The number of amides is 1. The zero-order chi connectivity index (χ0) is 32.9. The lowest BCUT2D eigenvalue weighted by Gasteiger charge is -2.44. The van der Waals surface area contributed by atoms with Crippen LogP contribution in [0.2, 0.25) is 0 Å². The molecule has 2 atom stereocenters. The largest absolute Gasteiger partial charge is 0.493 e. The van der Waals surface area contributed by atoms with E-state index in [0.29, 0.717) is 43.7 Å². The number of pyridine rings is 2. The zero-order valence-electron chi connectivity index (χ0n) is 26.2. The summed E-state index contributed by atoms with van der Waals surface area (Å²) >= 11 is 0. The quantitative estimate of drug-likeness (QED) is 0.267. The standard InChI is InChI=1S/C34H35F3N6O3/c1-6-26(44)41-16-20(5)42(17-19(41)4)32-22-15-24(36)30-27-25(11-10-23(35)28(27)37)46-14-8-7-9-21-12-13-38-29(18(2)3)31(21)43(33(22)39-30)34(45)40-32/h6,10-13,15,18-20H,1,7-9,14,16-17H2,2-5H3/t19-,20+/m1/s1. The molecule has 4 aromatic rings. The Hall–Kier alpha value is -4.74. The third-order valence-electron chi connectivity index (χ3n) is 8.72. The summed E-state index contributed by atoms with van der Waals surface area (Å²) in [7, 11) is 0. The highest BCUT2D eigenvalue weighted by atomic mass is 19.2. The van der Waals surface area contributed by atoms with Gasteiger partial charge in [-0.2, -0.15) is 4.98 Å². The van der Waals surface area contributed by atoms with Crippen LogP contribution in [0.1, 0.15) is 57.7 Å². The average molecular weight is 633 g/mol. The number of benzene rings is 1. The van der Waals surface area contributed by atoms with Gasteiger partial charge in [0.2, 0.25) is 5.91 Å². The van der Waals surface area contributed by atoms with Gasteiger partial charge in [-0.15, -0.1) is 0 Å². The summed E-state index contributed by atoms with van der Waals surface area (Å²) < 4.78 is 53.6. The van der Waals surface area contributed by atoms with Crippen LogP contribution in [0.3, 0.4) is 0 Å². The van der Waals surface area contributed by atoms with Crippen molar-refractivity contribution in [2.24, 2.45) is 0 Å². The topological polar surface area (TPSA) is 93.5 Å². The van der Waals surface area contributed by atoms with Crippen LogP contribution >= 0.6 is 0 Å². The van der Waals surface area contributed by atoms with E-state index in [-0.39, 0.29) is 53.1 Å². The van der Waals surface area contributed by atoms with Crippen molar-refractivity contribution in [1.29, 1.82) is 0 Å². The van der Waals surface area contributed by atoms with Crippen LogP contribution in [-0.4, -0.2) is 62.1 Å². The second-order valence-corrected chi connectivity index (χ2v) is 12.2. The molecule has 0 spiro atoms. The Morgan fingerprint density at radius 3 is 2.59 bits per heavy atom. The van der Waals surface area contributed by atoms with E-state index in [2.05, 4.69) is 21.5 Å². The Labute approximate surface area is 264 Å². The van der Waals surface area contributed by atoms with Gasteiger partial charge in [0.15, 0.2) is 23.1 Å². The highest BCUT2D eigenvalue weighted by molar-refractivity contribution is 5.92. The number of fused-ring (bicyclic) bond motifs is 5. The number of ether oxygens (including phenoxy) is 1. The number of aryl methyl sites for hydroxylation is 1. The molecular weight excluding hydrogens is 597 g/mol. The summed E-state index contributed by atoms with van der Waals surface area (Å²) in [6.45, 7) is 12.0. The van der Waals surface area contributed by atoms with Crippen LogP contribution < -0.4 is 15.3 Å². The van der Waals surface area contributed by atoms with Gasteiger partial charge in [0.25, 0.3) is 0 Å². The van der Waals surface area contributed by atoms with Crippen molar-refractivity contribution in [1.82, 2.24) is 24.4 Å². The lowest BCUT2D eigenvalue weighted by molar-refractivity contribution is -0.128. The monoisotopic (exact) mass is 632 g/mol. The predicted octanol–water partition coefficient (Wildman–Crippen LogP) is 5.71. The molecule has 1 saturated heterocycles. The predicted molar refractivity (Wildman–Crippen MR) is 169 cm³/mol. The van der Waals surface area contributed by atoms with Crippen LogP contribution in [0.15, 0.2) is 47.9 Å². The molecule has 1 amide bonds. The number of piperazine rings is 1. The van der Waals surface area contributed by atoms with E-state index in [1.54, 1.807) is 11.1 Å². The summed E-state index contributed by atoms with van der Waals surface area (Å²) in [5.74, 6) is -3.65. The van der Waals surface area contributed by atoms with E-state index in [1.165, 1.54) is 16.7 Å². The van der Waals surface area contributed by atoms with E-state index in [4.69, 9.17) is 4.74 Å². The lowest BCUT2D eigenvalue weighted by Crippen LogP contribution is -2.58. The fourth-order valence-electron chi connectivity index (χ4n) is 6.42. The van der Waals surface area contributed by atoms with Crippen LogP contribution in [0.5, 0.6) is 5.75 Å². The summed E-state index contributed by atoms with van der Waals surface area (Å²) in [6, 6.07) is 4.59. The van der Waals surface area contributed by atoms with Gasteiger partial charge in [0, 0.05) is 31.4 Å². The Balaban J connectivity index is 1.70. The minimum atomic E-state index is -1.31. The molecule has 240 valence electrons. The maximum Gasteiger partial charge on any atom is 0.355 e. The van der Waals surface area contributed by atoms with E-state index < -0.39 is 34.4 Å². The minimum absolute atomic E-state index is 0.0147. The first-order chi connectivity index (χ1) is 22.0. The zero-order valence-corrected chi connectivity index (χ0v) is 26.2. The fraction of sp³-hybridized carbons (Fsp3) is 0.382. The second kappa shape index (κ2) is 12.2. The average Bonchev–Trinajstić information content (AvgIpc) is 3.03. The second-order valence-electron chi connectivity index (χ2n) is 12.2. The van der Waals surface area contributed by atoms with Gasteiger partial charge in [-0.1, -0.05) is 20.4 Å². The van der Waals surface area contributed by atoms with Crippen LogP contribution in [-0.2, 0) is 11.2 Å². The number of rotatable bonds is 3. The number of nitrogens with zero attached hydrogens (tertiary/aromatic N) is 6. The van der Waals surface area contributed by atoms with E-state index >= 15 is 8.78 Å². The summed E-state index contributed by atoms with van der Waals surface area (Å²) in [5, 5.41) is 0.196. The number of halogens is 3. The Kier molecular flexibility index (Phi) is 8.30. The van der Waals surface area contributed by atoms with Crippen molar-refractivity contribution >= 4 is 22.8 Å².